The van der Waals surface area contributed by atoms with Crippen molar-refractivity contribution in [3.63, 3.8) is 0 Å². The van der Waals surface area contributed by atoms with Crippen LogP contribution in [0.4, 0.5) is 5.13 Å². The van der Waals surface area contributed by atoms with Gasteiger partial charge < -0.3 is 5.32 Å². The van der Waals surface area contributed by atoms with Crippen LogP contribution >= 0.6 is 22.9 Å². The zero-order valence-electron chi connectivity index (χ0n) is 12.6. The number of hydrogen-bond acceptors (Lipinski definition) is 5. The van der Waals surface area contributed by atoms with Crippen molar-refractivity contribution < 1.29 is 13.2 Å². The molecule has 0 unspecified atom stereocenters. The number of aryl methyl sites for hydroxylation is 1. The van der Waals surface area contributed by atoms with Gasteiger partial charge in [-0.2, -0.15) is 0 Å². The van der Waals surface area contributed by atoms with Crippen molar-refractivity contribution in [2.24, 2.45) is 0 Å². The maximum atomic E-state index is 12.2. The smallest absolute Gasteiger partial charge is 0.241 e. The molecule has 1 aromatic heterocycles. The maximum absolute atomic E-state index is 12.2. The highest BCUT2D eigenvalue weighted by atomic mass is 35.5. The quantitative estimate of drug-likeness (QED) is 0.749. The Morgan fingerprint density at radius 1 is 1.25 bits per heavy atom. The lowest BCUT2D eigenvalue weighted by Gasteiger charge is -2.04. The molecule has 124 valence electrons. The zero-order valence-corrected chi connectivity index (χ0v) is 15.0. The van der Waals surface area contributed by atoms with Gasteiger partial charge in [0.2, 0.25) is 5.91 Å². The molecular weight excluding hydrogens is 368 g/mol. The fourth-order valence-electron chi connectivity index (χ4n) is 2.25. The van der Waals surface area contributed by atoms with Crippen molar-refractivity contribution in [1.29, 1.82) is 0 Å². The summed E-state index contributed by atoms with van der Waals surface area (Å²) in [5.41, 5.74) is 1.64. The number of nitrogens with one attached hydrogen (secondary N) is 1. The molecule has 0 aliphatic rings. The third kappa shape index (κ3) is 3.58. The van der Waals surface area contributed by atoms with Crippen LogP contribution in [-0.4, -0.2) is 25.1 Å². The lowest BCUT2D eigenvalue weighted by Crippen LogP contribution is -2.22. The van der Waals surface area contributed by atoms with Gasteiger partial charge >= 0.3 is 0 Å². The van der Waals surface area contributed by atoms with Crippen LogP contribution in [0, 0.1) is 6.92 Å². The fourth-order valence-corrected chi connectivity index (χ4v) is 4.74. The van der Waals surface area contributed by atoms with Gasteiger partial charge in [-0.05, 0) is 36.8 Å². The normalized spacial score (nSPS) is 11.6. The predicted octanol–water partition coefficient (Wildman–Crippen LogP) is 3.67. The number of anilines is 1. The first-order valence-electron chi connectivity index (χ1n) is 6.99. The van der Waals surface area contributed by atoms with Gasteiger partial charge in [0, 0.05) is 5.02 Å². The molecule has 0 saturated heterocycles. The predicted molar refractivity (Wildman–Crippen MR) is 96.5 cm³/mol. The molecule has 0 radical (unpaired) electrons. The van der Waals surface area contributed by atoms with Crippen molar-refractivity contribution in [1.82, 2.24) is 4.98 Å². The number of amides is 1. The van der Waals surface area contributed by atoms with E-state index in [9.17, 15) is 13.2 Å². The molecule has 24 heavy (non-hydrogen) atoms. The number of carbonyl (C=O) groups is 1. The number of sulfone groups is 1. The summed E-state index contributed by atoms with van der Waals surface area (Å²) in [6, 6.07) is 11.4. The third-order valence-electron chi connectivity index (χ3n) is 3.32. The summed E-state index contributed by atoms with van der Waals surface area (Å²) < 4.78 is 25.3. The Kier molecular flexibility index (Phi) is 4.58. The number of rotatable bonds is 4. The number of benzene rings is 2. The van der Waals surface area contributed by atoms with Crippen LogP contribution in [-0.2, 0) is 14.6 Å². The third-order valence-corrected chi connectivity index (χ3v) is 6.09. The van der Waals surface area contributed by atoms with Crippen LogP contribution in [0.2, 0.25) is 5.02 Å². The van der Waals surface area contributed by atoms with E-state index in [0.29, 0.717) is 10.2 Å². The number of nitrogens with zero attached hydrogens (tertiary/aromatic N) is 1. The number of aromatic nitrogens is 1. The molecule has 0 saturated carbocycles. The lowest BCUT2D eigenvalue weighted by molar-refractivity contribution is -0.113. The van der Waals surface area contributed by atoms with Crippen molar-refractivity contribution >= 4 is 54.0 Å². The van der Waals surface area contributed by atoms with Gasteiger partial charge in [0.15, 0.2) is 15.0 Å². The molecule has 8 heteroatoms. The number of fused-ring (bicyclic) bond motifs is 1. The van der Waals surface area contributed by atoms with Gasteiger partial charge in [0.25, 0.3) is 0 Å². The minimum atomic E-state index is -3.68. The maximum Gasteiger partial charge on any atom is 0.241 e. The number of thiazole rings is 1. The van der Waals surface area contributed by atoms with E-state index >= 15 is 0 Å². The topological polar surface area (TPSA) is 76.1 Å². The second-order valence-corrected chi connectivity index (χ2v) is 8.67. The van der Waals surface area contributed by atoms with E-state index in [1.54, 1.807) is 30.3 Å². The summed E-state index contributed by atoms with van der Waals surface area (Å²) in [5, 5.41) is 3.49. The molecule has 0 aliphatic heterocycles. The summed E-state index contributed by atoms with van der Waals surface area (Å²) in [4.78, 5) is 16.5. The van der Waals surface area contributed by atoms with Crippen LogP contribution < -0.4 is 5.32 Å². The Labute approximate surface area is 148 Å². The Hall–Kier alpha value is -1.96. The molecule has 0 bridgehead atoms. The molecule has 5 nitrogen and oxygen atoms in total. The largest absolute Gasteiger partial charge is 0.301 e. The van der Waals surface area contributed by atoms with Crippen LogP contribution in [0.25, 0.3) is 10.2 Å². The van der Waals surface area contributed by atoms with E-state index < -0.39 is 21.5 Å². The van der Waals surface area contributed by atoms with E-state index in [2.05, 4.69) is 10.3 Å². The Balaban J connectivity index is 1.79. The molecule has 2 aromatic carbocycles. The first kappa shape index (κ1) is 16.9. The molecular formula is C16H13ClN2O3S2. The van der Waals surface area contributed by atoms with Gasteiger partial charge in [-0.1, -0.05) is 41.1 Å². The van der Waals surface area contributed by atoms with E-state index in [0.717, 1.165) is 15.8 Å². The first-order chi connectivity index (χ1) is 11.3. The Bertz CT molecular complexity index is 1010. The molecule has 0 fully saturated rings. The van der Waals surface area contributed by atoms with Crippen LogP contribution in [0.5, 0.6) is 0 Å². The van der Waals surface area contributed by atoms with Crippen molar-refractivity contribution in [2.45, 2.75) is 11.8 Å². The van der Waals surface area contributed by atoms with Crippen molar-refractivity contribution in [3.05, 3.63) is 53.1 Å². The van der Waals surface area contributed by atoms with Gasteiger partial charge in [-0.25, -0.2) is 13.4 Å². The standard InChI is InChI=1S/C16H13ClN2O3S2/c1-10-7-11(17)8-13-15(10)19-16(23-13)18-14(20)9-24(21,22)12-5-3-2-4-6-12/h2-8H,9H2,1H3,(H,18,19,20). The van der Waals surface area contributed by atoms with Crippen molar-refractivity contribution in [3.8, 4) is 0 Å². The Morgan fingerprint density at radius 2 is 1.96 bits per heavy atom. The summed E-state index contributed by atoms with van der Waals surface area (Å²) in [5.74, 6) is -1.26. The fraction of sp³-hybridized carbons (Fsp3) is 0.125. The lowest BCUT2D eigenvalue weighted by atomic mass is 10.2. The van der Waals surface area contributed by atoms with E-state index in [1.807, 2.05) is 6.92 Å². The monoisotopic (exact) mass is 380 g/mol. The summed E-state index contributed by atoms with van der Waals surface area (Å²) >= 11 is 7.26. The van der Waals surface area contributed by atoms with Crippen LogP contribution in [0.1, 0.15) is 5.56 Å². The summed E-state index contributed by atoms with van der Waals surface area (Å²) in [6.45, 7) is 1.87. The molecule has 3 aromatic rings. The summed E-state index contributed by atoms with van der Waals surface area (Å²) in [6.07, 6.45) is 0. The molecule has 0 aliphatic carbocycles. The average molecular weight is 381 g/mol. The second-order valence-electron chi connectivity index (χ2n) is 5.21. The van der Waals surface area contributed by atoms with Gasteiger partial charge in [0.1, 0.15) is 5.75 Å². The molecule has 1 heterocycles. The van der Waals surface area contributed by atoms with Gasteiger partial charge in [0.05, 0.1) is 15.1 Å². The van der Waals surface area contributed by atoms with Crippen LogP contribution in [0.3, 0.4) is 0 Å². The van der Waals surface area contributed by atoms with E-state index in [4.69, 9.17) is 11.6 Å². The molecule has 1 amide bonds. The highest BCUT2D eigenvalue weighted by Crippen LogP contribution is 2.31. The second kappa shape index (κ2) is 6.51. The minimum absolute atomic E-state index is 0.118. The number of halogens is 1. The van der Waals surface area contributed by atoms with Crippen molar-refractivity contribution in [2.75, 3.05) is 11.1 Å². The molecule has 0 spiro atoms. The molecule has 0 atom stereocenters. The van der Waals surface area contributed by atoms with E-state index in [-0.39, 0.29) is 4.90 Å². The van der Waals surface area contributed by atoms with Crippen LogP contribution in [0.15, 0.2) is 47.4 Å². The molecule has 1 N–H and O–H groups in total. The van der Waals surface area contributed by atoms with Gasteiger partial charge in [-0.3, -0.25) is 4.79 Å². The summed E-state index contributed by atoms with van der Waals surface area (Å²) in [7, 11) is -3.68. The van der Waals surface area contributed by atoms with Gasteiger partial charge in [-0.15, -0.1) is 0 Å². The highest BCUT2D eigenvalue weighted by Gasteiger charge is 2.20. The SMILES string of the molecule is Cc1cc(Cl)cc2sc(NC(=O)CS(=O)(=O)c3ccccc3)nc12. The van der Waals surface area contributed by atoms with E-state index in [1.165, 1.54) is 23.5 Å². The average Bonchev–Trinajstić information content (AvgIpc) is 2.90. The highest BCUT2D eigenvalue weighted by molar-refractivity contribution is 7.92. The zero-order chi connectivity index (χ0) is 17.3. The first-order valence-corrected chi connectivity index (χ1v) is 9.84. The Morgan fingerprint density at radius 3 is 2.67 bits per heavy atom. The molecule has 3 rings (SSSR count). The number of hydrogen-bond donors (Lipinski definition) is 1. The number of carbonyl (C=O) groups excluding carboxylic acids is 1. The minimum Gasteiger partial charge on any atom is -0.301 e.